The molecule has 2 aliphatic rings. The summed E-state index contributed by atoms with van der Waals surface area (Å²) in [6.07, 6.45) is 6.50. The Morgan fingerprint density at radius 3 is 2.46 bits per heavy atom. The summed E-state index contributed by atoms with van der Waals surface area (Å²) in [6.45, 7) is 2.04. The largest absolute Gasteiger partial charge is 0.371 e. The zero-order valence-corrected chi connectivity index (χ0v) is 13.7. The van der Waals surface area contributed by atoms with Crippen LogP contribution < -0.4 is 10.2 Å². The van der Waals surface area contributed by atoms with Crippen LogP contribution in [-0.2, 0) is 0 Å². The number of piperidine rings is 1. The lowest BCUT2D eigenvalue weighted by Gasteiger charge is -2.34. The van der Waals surface area contributed by atoms with Crippen LogP contribution in [0.15, 0.2) is 36.5 Å². The van der Waals surface area contributed by atoms with Crippen molar-refractivity contribution in [2.45, 2.75) is 37.6 Å². The summed E-state index contributed by atoms with van der Waals surface area (Å²) >= 11 is 0. The van der Waals surface area contributed by atoms with Crippen molar-refractivity contribution in [3.8, 4) is 6.07 Å². The molecular weight excluding hydrogens is 298 g/mol. The molecule has 2 heterocycles. The normalized spacial score (nSPS) is 18.2. The molecule has 5 nitrogen and oxygen atoms in total. The summed E-state index contributed by atoms with van der Waals surface area (Å²) in [4.78, 5) is 11.4. The van der Waals surface area contributed by atoms with E-state index in [1.807, 2.05) is 36.5 Å². The molecular formula is C19H21N5. The molecule has 0 spiro atoms. The van der Waals surface area contributed by atoms with Crippen LogP contribution in [0.25, 0.3) is 0 Å². The summed E-state index contributed by atoms with van der Waals surface area (Å²) in [5.41, 5.74) is 1.91. The Kier molecular flexibility index (Phi) is 4.04. The molecule has 122 valence electrons. The van der Waals surface area contributed by atoms with Gasteiger partial charge in [0.1, 0.15) is 11.6 Å². The lowest BCUT2D eigenvalue weighted by molar-refractivity contribution is 0.525. The predicted molar refractivity (Wildman–Crippen MR) is 94.0 cm³/mol. The van der Waals surface area contributed by atoms with Gasteiger partial charge in [-0.1, -0.05) is 0 Å². The first kappa shape index (κ1) is 14.9. The van der Waals surface area contributed by atoms with Gasteiger partial charge in [-0.3, -0.25) is 0 Å². The van der Waals surface area contributed by atoms with E-state index >= 15 is 0 Å². The number of hydrogen-bond acceptors (Lipinski definition) is 5. The van der Waals surface area contributed by atoms with Gasteiger partial charge < -0.3 is 10.2 Å². The molecule has 0 unspecified atom stereocenters. The minimum Gasteiger partial charge on any atom is -0.371 e. The van der Waals surface area contributed by atoms with E-state index in [2.05, 4.69) is 26.3 Å². The number of rotatable bonds is 4. The molecule has 2 aromatic rings. The fourth-order valence-corrected chi connectivity index (χ4v) is 3.23. The summed E-state index contributed by atoms with van der Waals surface area (Å²) in [6, 6.07) is 12.5. The van der Waals surface area contributed by atoms with Crippen molar-refractivity contribution >= 4 is 11.5 Å². The highest BCUT2D eigenvalue weighted by Gasteiger charge is 2.27. The van der Waals surface area contributed by atoms with Gasteiger partial charge in [0, 0.05) is 36.9 Å². The molecule has 1 aliphatic carbocycles. The number of benzene rings is 1. The Morgan fingerprint density at radius 2 is 1.79 bits per heavy atom. The molecule has 1 aliphatic heterocycles. The molecule has 1 aromatic heterocycles. The minimum absolute atomic E-state index is 0.460. The number of aromatic nitrogens is 2. The van der Waals surface area contributed by atoms with Crippen LogP contribution in [0, 0.1) is 11.3 Å². The van der Waals surface area contributed by atoms with Crippen molar-refractivity contribution in [3.05, 3.63) is 47.9 Å². The smallest absolute Gasteiger partial charge is 0.133 e. The molecule has 5 heteroatoms. The van der Waals surface area contributed by atoms with Gasteiger partial charge in [-0.15, -0.1) is 0 Å². The average Bonchev–Trinajstić information content (AvgIpc) is 3.48. The maximum atomic E-state index is 8.89. The van der Waals surface area contributed by atoms with Crippen LogP contribution in [-0.4, -0.2) is 29.1 Å². The van der Waals surface area contributed by atoms with E-state index in [0.29, 0.717) is 17.5 Å². The number of anilines is 2. The molecule has 1 saturated heterocycles. The summed E-state index contributed by atoms with van der Waals surface area (Å²) in [5.74, 6) is 2.55. The molecule has 1 aromatic carbocycles. The quantitative estimate of drug-likeness (QED) is 0.936. The lowest BCUT2D eigenvalue weighted by atomic mass is 10.0. The van der Waals surface area contributed by atoms with E-state index in [0.717, 1.165) is 37.6 Å². The number of nitriles is 1. The second-order valence-corrected chi connectivity index (χ2v) is 6.64. The second-order valence-electron chi connectivity index (χ2n) is 6.64. The van der Waals surface area contributed by atoms with Crippen molar-refractivity contribution < 1.29 is 0 Å². The highest BCUT2D eigenvalue weighted by molar-refractivity contribution is 5.50. The van der Waals surface area contributed by atoms with Gasteiger partial charge in [0.2, 0.25) is 0 Å². The standard InChI is InChI=1S/C19H21N5/c20-13-14-1-5-17(6-2-14)24-11-8-16(9-12-24)22-18-7-10-21-19(23-18)15-3-4-15/h1-2,5-7,10,15-16H,3-4,8-9,11-12H2,(H,21,22,23). The summed E-state index contributed by atoms with van der Waals surface area (Å²) in [7, 11) is 0. The molecule has 1 saturated carbocycles. The molecule has 4 rings (SSSR count). The van der Waals surface area contributed by atoms with Crippen LogP contribution in [0.2, 0.25) is 0 Å². The van der Waals surface area contributed by atoms with Crippen molar-refractivity contribution in [3.63, 3.8) is 0 Å². The third kappa shape index (κ3) is 3.33. The van der Waals surface area contributed by atoms with Crippen LogP contribution >= 0.6 is 0 Å². The summed E-state index contributed by atoms with van der Waals surface area (Å²) < 4.78 is 0. The minimum atomic E-state index is 0.460. The molecule has 0 bridgehead atoms. The van der Waals surface area contributed by atoms with E-state index in [-0.39, 0.29) is 0 Å². The fourth-order valence-electron chi connectivity index (χ4n) is 3.23. The zero-order valence-electron chi connectivity index (χ0n) is 13.7. The Bertz CT molecular complexity index is 737. The van der Waals surface area contributed by atoms with Crippen molar-refractivity contribution in [2.24, 2.45) is 0 Å². The van der Waals surface area contributed by atoms with Crippen molar-refractivity contribution in [1.82, 2.24) is 9.97 Å². The van der Waals surface area contributed by atoms with Crippen LogP contribution in [0.4, 0.5) is 11.5 Å². The van der Waals surface area contributed by atoms with Gasteiger partial charge >= 0.3 is 0 Å². The maximum Gasteiger partial charge on any atom is 0.133 e. The molecule has 0 atom stereocenters. The van der Waals surface area contributed by atoms with Crippen molar-refractivity contribution in [1.29, 1.82) is 5.26 Å². The number of hydrogen-bond donors (Lipinski definition) is 1. The van der Waals surface area contributed by atoms with Gasteiger partial charge in [0.15, 0.2) is 0 Å². The van der Waals surface area contributed by atoms with Gasteiger partial charge in [-0.2, -0.15) is 5.26 Å². The topological polar surface area (TPSA) is 64.8 Å². The lowest BCUT2D eigenvalue weighted by Crippen LogP contribution is -2.39. The Hall–Kier alpha value is -2.61. The van der Waals surface area contributed by atoms with Gasteiger partial charge in [-0.05, 0) is 56.0 Å². The molecule has 0 amide bonds. The fraction of sp³-hybridized carbons (Fsp3) is 0.421. The molecule has 2 fully saturated rings. The Morgan fingerprint density at radius 1 is 1.04 bits per heavy atom. The number of nitrogens with one attached hydrogen (secondary N) is 1. The SMILES string of the molecule is N#Cc1ccc(N2CCC(Nc3ccnc(C4CC4)n3)CC2)cc1. The van der Waals surface area contributed by atoms with Gasteiger partial charge in [-0.25, -0.2) is 9.97 Å². The van der Waals surface area contributed by atoms with E-state index in [1.165, 1.54) is 18.5 Å². The van der Waals surface area contributed by atoms with Crippen LogP contribution in [0.1, 0.15) is 43.0 Å². The molecule has 1 N–H and O–H groups in total. The third-order valence-corrected chi connectivity index (χ3v) is 4.83. The van der Waals surface area contributed by atoms with Crippen LogP contribution in [0.5, 0.6) is 0 Å². The number of nitrogens with zero attached hydrogens (tertiary/aromatic N) is 4. The highest BCUT2D eigenvalue weighted by atomic mass is 15.2. The first-order valence-electron chi connectivity index (χ1n) is 8.66. The summed E-state index contributed by atoms with van der Waals surface area (Å²) in [5, 5.41) is 12.5. The van der Waals surface area contributed by atoms with Crippen LogP contribution in [0.3, 0.4) is 0 Å². The molecule has 24 heavy (non-hydrogen) atoms. The highest BCUT2D eigenvalue weighted by Crippen LogP contribution is 2.38. The Balaban J connectivity index is 1.34. The van der Waals surface area contributed by atoms with E-state index in [4.69, 9.17) is 5.26 Å². The maximum absolute atomic E-state index is 8.89. The van der Waals surface area contributed by atoms with E-state index < -0.39 is 0 Å². The Labute approximate surface area is 142 Å². The monoisotopic (exact) mass is 319 g/mol. The molecule has 0 radical (unpaired) electrons. The van der Waals surface area contributed by atoms with Crippen molar-refractivity contribution in [2.75, 3.05) is 23.3 Å². The third-order valence-electron chi connectivity index (χ3n) is 4.83. The predicted octanol–water partition coefficient (Wildman–Crippen LogP) is 3.31. The second kappa shape index (κ2) is 6.48. The van der Waals surface area contributed by atoms with E-state index in [1.54, 1.807) is 0 Å². The first-order chi connectivity index (χ1) is 11.8. The van der Waals surface area contributed by atoms with Gasteiger partial charge in [0.25, 0.3) is 0 Å². The van der Waals surface area contributed by atoms with Gasteiger partial charge in [0.05, 0.1) is 11.6 Å². The van der Waals surface area contributed by atoms with E-state index in [9.17, 15) is 0 Å². The zero-order chi connectivity index (χ0) is 16.4. The first-order valence-corrected chi connectivity index (χ1v) is 8.66. The average molecular weight is 319 g/mol.